The van der Waals surface area contributed by atoms with Crippen LogP contribution in [0, 0.1) is 6.92 Å². The summed E-state index contributed by atoms with van der Waals surface area (Å²) < 4.78 is 0. The molecule has 1 aromatic carbocycles. The zero-order valence-corrected chi connectivity index (χ0v) is 14.5. The molecule has 2 heterocycles. The lowest BCUT2D eigenvalue weighted by Crippen LogP contribution is -2.32. The number of aryl methyl sites for hydroxylation is 2. The van der Waals surface area contributed by atoms with Crippen molar-refractivity contribution in [2.45, 2.75) is 58.9 Å². The minimum Gasteiger partial charge on any atom is -0.358 e. The summed E-state index contributed by atoms with van der Waals surface area (Å²) in [7, 11) is 0. The van der Waals surface area contributed by atoms with Crippen molar-refractivity contribution in [2.75, 3.05) is 13.1 Å². The van der Waals surface area contributed by atoms with Crippen molar-refractivity contribution in [3.05, 3.63) is 45.2 Å². The highest BCUT2D eigenvalue weighted by atomic mass is 16.1. The van der Waals surface area contributed by atoms with E-state index in [9.17, 15) is 4.79 Å². The Hall–Kier alpha value is -1.61. The van der Waals surface area contributed by atoms with Gasteiger partial charge in [0.25, 0.3) is 0 Å². The quantitative estimate of drug-likeness (QED) is 0.899. The van der Waals surface area contributed by atoms with Crippen molar-refractivity contribution >= 4 is 10.9 Å². The van der Waals surface area contributed by atoms with E-state index < -0.39 is 0 Å². The Bertz CT molecular complexity index is 726. The van der Waals surface area contributed by atoms with Crippen LogP contribution in [0.5, 0.6) is 0 Å². The Kier molecular flexibility index (Phi) is 5.16. The summed E-state index contributed by atoms with van der Waals surface area (Å²) in [5.74, 6) is 0. The lowest BCUT2D eigenvalue weighted by Gasteiger charge is -2.26. The largest absolute Gasteiger partial charge is 0.358 e. The number of rotatable bonds is 5. The Morgan fingerprint density at radius 2 is 1.96 bits per heavy atom. The number of hydrogen-bond donors (Lipinski definition) is 1. The minimum absolute atomic E-state index is 0.222. The molecule has 3 heteroatoms. The molecule has 0 saturated carbocycles. The van der Waals surface area contributed by atoms with E-state index in [0.717, 1.165) is 48.2 Å². The van der Waals surface area contributed by atoms with E-state index in [-0.39, 0.29) is 5.43 Å². The summed E-state index contributed by atoms with van der Waals surface area (Å²) in [6, 6.07) is 6.32. The van der Waals surface area contributed by atoms with Gasteiger partial charge in [-0.2, -0.15) is 0 Å². The first-order valence-corrected chi connectivity index (χ1v) is 9.06. The fourth-order valence-electron chi connectivity index (χ4n) is 3.57. The molecule has 1 saturated heterocycles. The maximum Gasteiger partial charge on any atom is 0.194 e. The van der Waals surface area contributed by atoms with Crippen LogP contribution in [0.15, 0.2) is 23.0 Å². The fourth-order valence-corrected chi connectivity index (χ4v) is 3.57. The Morgan fingerprint density at radius 3 is 2.70 bits per heavy atom. The predicted octanol–water partition coefficient (Wildman–Crippen LogP) is 4.17. The molecule has 0 unspecified atom stereocenters. The van der Waals surface area contributed by atoms with Crippen LogP contribution in [-0.4, -0.2) is 23.0 Å². The predicted molar refractivity (Wildman–Crippen MR) is 97.0 cm³/mol. The Balaban J connectivity index is 1.95. The first kappa shape index (κ1) is 16.3. The van der Waals surface area contributed by atoms with Crippen molar-refractivity contribution < 1.29 is 0 Å². The van der Waals surface area contributed by atoms with Crippen LogP contribution in [0.4, 0.5) is 0 Å². The summed E-state index contributed by atoms with van der Waals surface area (Å²) in [5.41, 5.74) is 4.44. The number of fused-ring (bicyclic) bond motifs is 1. The molecule has 3 nitrogen and oxygen atoms in total. The number of benzene rings is 1. The van der Waals surface area contributed by atoms with Crippen molar-refractivity contribution in [3.63, 3.8) is 0 Å². The van der Waals surface area contributed by atoms with Gasteiger partial charge in [0.1, 0.15) is 0 Å². The molecule has 3 rings (SSSR count). The molecule has 0 spiro atoms. The van der Waals surface area contributed by atoms with Gasteiger partial charge in [-0.05, 0) is 63.4 Å². The normalized spacial score (nSPS) is 16.1. The van der Waals surface area contributed by atoms with E-state index in [1.54, 1.807) is 0 Å². The Morgan fingerprint density at radius 1 is 1.17 bits per heavy atom. The van der Waals surface area contributed by atoms with E-state index in [0.29, 0.717) is 0 Å². The van der Waals surface area contributed by atoms with Gasteiger partial charge >= 0.3 is 0 Å². The van der Waals surface area contributed by atoms with Crippen LogP contribution in [0.25, 0.3) is 10.9 Å². The molecule has 0 atom stereocenters. The number of aromatic nitrogens is 1. The van der Waals surface area contributed by atoms with Gasteiger partial charge in [0, 0.05) is 28.7 Å². The SMILES string of the molecule is CCCCc1ccc2[nH]c(C)c(CN3CCCCC3)c(=O)c2c1. The third-order valence-electron chi connectivity index (χ3n) is 5.03. The second-order valence-electron chi connectivity index (χ2n) is 6.88. The number of H-pyrrole nitrogens is 1. The fraction of sp³-hybridized carbons (Fsp3) is 0.550. The number of nitrogens with zero attached hydrogens (tertiary/aromatic N) is 1. The molecule has 2 aromatic rings. The van der Waals surface area contributed by atoms with Crippen LogP contribution in [0.1, 0.15) is 55.8 Å². The highest BCUT2D eigenvalue weighted by Gasteiger charge is 2.15. The summed E-state index contributed by atoms with van der Waals surface area (Å²) in [6.07, 6.45) is 7.25. The summed E-state index contributed by atoms with van der Waals surface area (Å²) in [5, 5.41) is 0.858. The Labute approximate surface area is 138 Å². The van der Waals surface area contributed by atoms with Crippen LogP contribution in [0.2, 0.25) is 0 Å². The highest BCUT2D eigenvalue weighted by Crippen LogP contribution is 2.18. The zero-order chi connectivity index (χ0) is 16.2. The summed E-state index contributed by atoms with van der Waals surface area (Å²) in [4.78, 5) is 18.9. The van der Waals surface area contributed by atoms with E-state index in [4.69, 9.17) is 0 Å². The molecule has 1 fully saturated rings. The van der Waals surface area contributed by atoms with Gasteiger partial charge in [0.2, 0.25) is 0 Å². The average Bonchev–Trinajstić information content (AvgIpc) is 2.58. The maximum atomic E-state index is 13.0. The molecule has 23 heavy (non-hydrogen) atoms. The molecule has 1 aromatic heterocycles. The van der Waals surface area contributed by atoms with Gasteiger partial charge in [-0.1, -0.05) is 25.8 Å². The first-order chi connectivity index (χ1) is 11.2. The molecule has 1 aliphatic rings. The monoisotopic (exact) mass is 312 g/mol. The van der Waals surface area contributed by atoms with Crippen molar-refractivity contribution in [1.29, 1.82) is 0 Å². The molecular formula is C20H28N2O. The molecule has 0 bridgehead atoms. The number of hydrogen-bond acceptors (Lipinski definition) is 2. The standard InChI is InChI=1S/C20H28N2O/c1-3-4-8-16-9-10-19-17(13-16)20(23)18(15(2)21-19)14-22-11-6-5-7-12-22/h9-10,13H,3-8,11-12,14H2,1-2H3,(H,21,23). The second-order valence-corrected chi connectivity index (χ2v) is 6.88. The van der Waals surface area contributed by atoms with Crippen LogP contribution in [0.3, 0.4) is 0 Å². The van der Waals surface area contributed by atoms with E-state index in [2.05, 4.69) is 35.0 Å². The lowest BCUT2D eigenvalue weighted by molar-refractivity contribution is 0.220. The van der Waals surface area contributed by atoms with E-state index >= 15 is 0 Å². The number of likely N-dealkylation sites (tertiary alicyclic amines) is 1. The highest BCUT2D eigenvalue weighted by molar-refractivity contribution is 5.80. The summed E-state index contributed by atoms with van der Waals surface area (Å²) >= 11 is 0. The van der Waals surface area contributed by atoms with E-state index in [1.807, 2.05) is 6.92 Å². The molecule has 0 amide bonds. The smallest absolute Gasteiger partial charge is 0.194 e. The molecule has 0 radical (unpaired) electrons. The van der Waals surface area contributed by atoms with Crippen LogP contribution >= 0.6 is 0 Å². The van der Waals surface area contributed by atoms with Crippen LogP contribution < -0.4 is 5.43 Å². The number of pyridine rings is 1. The van der Waals surface area contributed by atoms with Gasteiger partial charge in [0.15, 0.2) is 5.43 Å². The minimum atomic E-state index is 0.222. The molecule has 1 N–H and O–H groups in total. The molecular weight excluding hydrogens is 284 g/mol. The molecule has 1 aliphatic heterocycles. The third-order valence-corrected chi connectivity index (χ3v) is 5.03. The number of aromatic amines is 1. The third kappa shape index (κ3) is 3.66. The zero-order valence-electron chi connectivity index (χ0n) is 14.5. The van der Waals surface area contributed by atoms with Crippen molar-refractivity contribution in [2.24, 2.45) is 0 Å². The lowest BCUT2D eigenvalue weighted by atomic mass is 10.0. The number of unbranched alkanes of at least 4 members (excludes halogenated alkanes) is 1. The summed E-state index contributed by atoms with van der Waals surface area (Å²) in [6.45, 7) is 7.26. The maximum absolute atomic E-state index is 13.0. The first-order valence-electron chi connectivity index (χ1n) is 9.06. The average molecular weight is 312 g/mol. The van der Waals surface area contributed by atoms with Gasteiger partial charge in [0.05, 0.1) is 0 Å². The van der Waals surface area contributed by atoms with Crippen LogP contribution in [-0.2, 0) is 13.0 Å². The topological polar surface area (TPSA) is 36.1 Å². The van der Waals surface area contributed by atoms with E-state index in [1.165, 1.54) is 37.7 Å². The molecule has 124 valence electrons. The van der Waals surface area contributed by atoms with Gasteiger partial charge in [-0.15, -0.1) is 0 Å². The second kappa shape index (κ2) is 7.31. The van der Waals surface area contributed by atoms with Crippen molar-refractivity contribution in [1.82, 2.24) is 9.88 Å². The number of piperidine rings is 1. The van der Waals surface area contributed by atoms with Crippen molar-refractivity contribution in [3.8, 4) is 0 Å². The number of nitrogens with one attached hydrogen (secondary N) is 1. The molecule has 0 aliphatic carbocycles. The van der Waals surface area contributed by atoms with Gasteiger partial charge < -0.3 is 4.98 Å². The van der Waals surface area contributed by atoms with Gasteiger partial charge in [-0.3, -0.25) is 9.69 Å². The van der Waals surface area contributed by atoms with Gasteiger partial charge in [-0.25, -0.2) is 0 Å².